The van der Waals surface area contributed by atoms with Crippen LogP contribution in [0.3, 0.4) is 0 Å². The Kier molecular flexibility index (Phi) is 7.22. The molecule has 1 amide bonds. The van der Waals surface area contributed by atoms with Crippen molar-refractivity contribution < 1.29 is 49.8 Å². The molecule has 2 aromatic rings. The lowest BCUT2D eigenvalue weighted by Gasteiger charge is -2.37. The van der Waals surface area contributed by atoms with E-state index in [1.165, 1.54) is 6.07 Å². The van der Waals surface area contributed by atoms with Crippen LogP contribution in [0.5, 0.6) is 0 Å². The van der Waals surface area contributed by atoms with Crippen molar-refractivity contribution in [2.45, 2.75) is 62.8 Å². The second kappa shape index (κ2) is 9.79. The van der Waals surface area contributed by atoms with Gasteiger partial charge in [0.05, 0.1) is 27.5 Å². The fourth-order valence-electron chi connectivity index (χ4n) is 5.44. The Labute approximate surface area is 238 Å². The van der Waals surface area contributed by atoms with Crippen molar-refractivity contribution in [3.05, 3.63) is 59.4 Å². The second-order valence-corrected chi connectivity index (χ2v) is 13.3. The molecule has 1 aliphatic carbocycles. The van der Waals surface area contributed by atoms with Crippen LogP contribution in [0.4, 0.5) is 23.2 Å². The molecular weight excluding hydrogens is 584 g/mol. The van der Waals surface area contributed by atoms with Gasteiger partial charge in [-0.25, -0.2) is 17.6 Å². The van der Waals surface area contributed by atoms with Gasteiger partial charge in [-0.15, -0.1) is 0 Å². The highest BCUT2D eigenvalue weighted by Gasteiger charge is 2.77. The minimum Gasteiger partial charge on any atom is -0.446 e. The van der Waals surface area contributed by atoms with E-state index in [-0.39, 0.29) is 12.8 Å². The molecule has 0 spiro atoms. The van der Waals surface area contributed by atoms with E-state index in [1.54, 1.807) is 20.8 Å². The molecule has 3 atom stereocenters. The number of benzene rings is 2. The summed E-state index contributed by atoms with van der Waals surface area (Å²) in [4.78, 5) is 39.6. The Morgan fingerprint density at radius 3 is 2.21 bits per heavy atom. The first-order valence-corrected chi connectivity index (χ1v) is 14.3. The number of fused-ring (bicyclic) bond motifs is 2. The predicted octanol–water partition coefficient (Wildman–Crippen LogP) is 4.55. The molecule has 1 saturated carbocycles. The molecule has 0 radical (unpaired) electrons. The number of nitriles is 1. The van der Waals surface area contributed by atoms with Crippen LogP contribution in [0.25, 0.3) is 0 Å². The molecular formula is C28H26F4N2O7S. The number of amides is 1. The molecule has 2 unspecified atom stereocenters. The summed E-state index contributed by atoms with van der Waals surface area (Å²) in [7, 11) is -4.49. The monoisotopic (exact) mass is 610 g/mol. The van der Waals surface area contributed by atoms with E-state index in [0.717, 1.165) is 43.3 Å². The first-order chi connectivity index (χ1) is 19.2. The highest BCUT2D eigenvalue weighted by atomic mass is 32.2. The van der Waals surface area contributed by atoms with Gasteiger partial charge in [0, 0.05) is 11.1 Å². The Bertz CT molecular complexity index is 1630. The van der Waals surface area contributed by atoms with Crippen molar-refractivity contribution >= 4 is 33.4 Å². The molecule has 2 bridgehead atoms. The number of sulfone groups is 1. The molecule has 2 aromatic carbocycles. The largest absolute Gasteiger partial charge is 0.446 e. The van der Waals surface area contributed by atoms with E-state index in [4.69, 9.17) is 14.7 Å². The molecule has 42 heavy (non-hydrogen) atoms. The number of nitrogens with one attached hydrogen (secondary N) is 1. The van der Waals surface area contributed by atoms with Crippen LogP contribution in [0.2, 0.25) is 0 Å². The Morgan fingerprint density at radius 1 is 1.10 bits per heavy atom. The van der Waals surface area contributed by atoms with Gasteiger partial charge in [-0.1, -0.05) is 13.8 Å². The summed E-state index contributed by atoms with van der Waals surface area (Å²) < 4.78 is 91.7. The minimum atomic E-state index is -4.96. The highest BCUT2D eigenvalue weighted by Crippen LogP contribution is 2.66. The predicted molar refractivity (Wildman–Crippen MR) is 138 cm³/mol. The van der Waals surface area contributed by atoms with Crippen molar-refractivity contribution in [3.8, 4) is 6.07 Å². The standard InChI is InChI=1S/C28H26F4N2O7S/c1-24(2)25(3)11-12-27(24,41-22(25)36)23(37)40-26(4,15-42(38,39)19-9-6-17(29)7-10-19)21(35)34-18-8-5-16(14-33)20(13-18)28(30,31)32/h5-10,13H,11-12,15H2,1-4H3,(H,34,35)/t25?,26-,27?/m0/s1. The summed E-state index contributed by atoms with van der Waals surface area (Å²) in [5.74, 6) is -5.13. The van der Waals surface area contributed by atoms with Gasteiger partial charge in [-0.3, -0.25) is 9.59 Å². The van der Waals surface area contributed by atoms with Crippen LogP contribution in [0, 0.1) is 28.0 Å². The van der Waals surface area contributed by atoms with Crippen molar-refractivity contribution in [1.82, 2.24) is 0 Å². The number of anilines is 1. The minimum absolute atomic E-state index is 0.0219. The van der Waals surface area contributed by atoms with E-state index in [0.29, 0.717) is 6.07 Å². The molecule has 1 heterocycles. The zero-order chi connectivity index (χ0) is 31.5. The van der Waals surface area contributed by atoms with E-state index >= 15 is 0 Å². The van der Waals surface area contributed by atoms with Crippen molar-refractivity contribution in [2.24, 2.45) is 10.8 Å². The molecule has 4 rings (SSSR count). The molecule has 2 aliphatic rings. The van der Waals surface area contributed by atoms with Gasteiger partial charge < -0.3 is 14.8 Å². The SMILES string of the molecule is CC12CCC(C(=O)O[C@@](C)(CS(=O)(=O)c3ccc(F)cc3)C(=O)Nc3ccc(C#N)c(C(F)(F)F)c3)(OC1=O)C2(C)C. The van der Waals surface area contributed by atoms with E-state index in [2.05, 4.69) is 5.32 Å². The quantitative estimate of drug-likeness (QED) is 0.274. The molecule has 0 aromatic heterocycles. The van der Waals surface area contributed by atoms with Gasteiger partial charge in [-0.2, -0.15) is 18.4 Å². The second-order valence-electron chi connectivity index (χ2n) is 11.3. The van der Waals surface area contributed by atoms with Gasteiger partial charge >= 0.3 is 18.1 Å². The number of carbonyl (C=O) groups excluding carboxylic acids is 3. The molecule has 1 saturated heterocycles. The van der Waals surface area contributed by atoms with Crippen LogP contribution in [-0.2, 0) is 39.9 Å². The number of hydrogen-bond donors (Lipinski definition) is 1. The highest BCUT2D eigenvalue weighted by molar-refractivity contribution is 7.91. The molecule has 224 valence electrons. The first-order valence-electron chi connectivity index (χ1n) is 12.6. The molecule has 2 fully saturated rings. The number of esters is 2. The number of halogens is 4. The van der Waals surface area contributed by atoms with Gasteiger partial charge in [0.15, 0.2) is 9.84 Å². The van der Waals surface area contributed by atoms with E-state index in [1.807, 2.05) is 0 Å². The third-order valence-electron chi connectivity index (χ3n) is 8.55. The smallest absolute Gasteiger partial charge is 0.417 e. The summed E-state index contributed by atoms with van der Waals surface area (Å²) in [6.45, 7) is 5.78. The Balaban J connectivity index is 1.74. The summed E-state index contributed by atoms with van der Waals surface area (Å²) in [6, 6.07) is 7.29. The number of carbonyl (C=O) groups is 3. The molecule has 1 aliphatic heterocycles. The first kappa shape index (κ1) is 31.0. The summed E-state index contributed by atoms with van der Waals surface area (Å²) in [6.07, 6.45) is -4.69. The topological polar surface area (TPSA) is 140 Å². The number of hydrogen-bond acceptors (Lipinski definition) is 8. The summed E-state index contributed by atoms with van der Waals surface area (Å²) >= 11 is 0. The summed E-state index contributed by atoms with van der Waals surface area (Å²) in [5.41, 5.74) is -9.19. The third-order valence-corrected chi connectivity index (χ3v) is 10.5. The lowest BCUT2D eigenvalue weighted by atomic mass is 9.66. The van der Waals surface area contributed by atoms with Gasteiger partial charge in [0.25, 0.3) is 5.91 Å². The Hall–Kier alpha value is -3.99. The maximum Gasteiger partial charge on any atom is 0.417 e. The lowest BCUT2D eigenvalue weighted by Crippen LogP contribution is -2.56. The molecule has 9 nitrogen and oxygen atoms in total. The Morgan fingerprint density at radius 2 is 1.71 bits per heavy atom. The fourth-order valence-corrected chi connectivity index (χ4v) is 7.07. The zero-order valence-corrected chi connectivity index (χ0v) is 23.7. The third kappa shape index (κ3) is 4.79. The fraction of sp³-hybridized carbons (Fsp3) is 0.429. The summed E-state index contributed by atoms with van der Waals surface area (Å²) in [5, 5.41) is 11.2. The van der Waals surface area contributed by atoms with Gasteiger partial charge in [0.1, 0.15) is 11.6 Å². The van der Waals surface area contributed by atoms with Crippen LogP contribution in [0.15, 0.2) is 47.4 Å². The van der Waals surface area contributed by atoms with Crippen molar-refractivity contribution in [2.75, 3.05) is 11.1 Å². The average molecular weight is 611 g/mol. The number of ether oxygens (including phenoxy) is 2. The van der Waals surface area contributed by atoms with Gasteiger partial charge in [-0.05, 0) is 69.2 Å². The van der Waals surface area contributed by atoms with E-state index in [9.17, 15) is 40.4 Å². The maximum absolute atomic E-state index is 13.7. The number of rotatable bonds is 7. The van der Waals surface area contributed by atoms with Gasteiger partial charge in [0.2, 0.25) is 11.2 Å². The maximum atomic E-state index is 13.7. The molecule has 1 N–H and O–H groups in total. The van der Waals surface area contributed by atoms with Crippen LogP contribution in [-0.4, -0.2) is 43.2 Å². The van der Waals surface area contributed by atoms with Crippen LogP contribution >= 0.6 is 0 Å². The van der Waals surface area contributed by atoms with Crippen molar-refractivity contribution in [1.29, 1.82) is 5.26 Å². The average Bonchev–Trinajstić information content (AvgIpc) is 3.18. The zero-order valence-electron chi connectivity index (χ0n) is 22.9. The molecule has 14 heteroatoms. The van der Waals surface area contributed by atoms with Crippen LogP contribution in [0.1, 0.15) is 51.7 Å². The van der Waals surface area contributed by atoms with Crippen LogP contribution < -0.4 is 5.32 Å². The number of nitrogens with zero attached hydrogens (tertiary/aromatic N) is 1. The number of alkyl halides is 3. The van der Waals surface area contributed by atoms with E-state index < -0.39 is 89.2 Å². The normalized spacial score (nSPS) is 24.3. The van der Waals surface area contributed by atoms with Crippen molar-refractivity contribution in [3.63, 3.8) is 0 Å². The lowest BCUT2D eigenvalue weighted by molar-refractivity contribution is -0.193.